The molecule has 3 aliphatic rings. The fourth-order valence-electron chi connectivity index (χ4n) is 4.37. The van der Waals surface area contributed by atoms with Crippen molar-refractivity contribution in [2.24, 2.45) is 17.8 Å². The van der Waals surface area contributed by atoms with Crippen molar-refractivity contribution in [1.29, 1.82) is 0 Å². The van der Waals surface area contributed by atoms with Gasteiger partial charge in [0, 0.05) is 12.3 Å². The second kappa shape index (κ2) is 6.16. The van der Waals surface area contributed by atoms with E-state index in [0.717, 1.165) is 19.3 Å². The molecule has 0 aromatic rings. The van der Waals surface area contributed by atoms with Crippen LogP contribution in [0.4, 0.5) is 0 Å². The number of carbonyl (C=O) groups is 3. The number of hydrogen-bond donors (Lipinski definition) is 2. The molecule has 5 nitrogen and oxygen atoms in total. The third-order valence-corrected chi connectivity index (χ3v) is 5.47. The van der Waals surface area contributed by atoms with Gasteiger partial charge in [-0.15, -0.1) is 0 Å². The Kier molecular flexibility index (Phi) is 4.27. The van der Waals surface area contributed by atoms with Crippen molar-refractivity contribution in [3.8, 4) is 0 Å². The second-order valence-electron chi connectivity index (χ2n) is 6.76. The molecule has 0 bridgehead atoms. The van der Waals surface area contributed by atoms with Crippen molar-refractivity contribution < 1.29 is 14.4 Å². The lowest BCUT2D eigenvalue weighted by molar-refractivity contribution is -0.139. The Bertz CT molecular complexity index is 447. The Morgan fingerprint density at radius 3 is 2.57 bits per heavy atom. The summed E-state index contributed by atoms with van der Waals surface area (Å²) in [6.07, 6.45) is 8.99. The smallest absolute Gasteiger partial charge is 0.249 e. The monoisotopic (exact) mass is 292 g/mol. The van der Waals surface area contributed by atoms with E-state index in [9.17, 15) is 14.4 Å². The second-order valence-corrected chi connectivity index (χ2v) is 6.76. The van der Waals surface area contributed by atoms with E-state index in [1.165, 1.54) is 25.7 Å². The van der Waals surface area contributed by atoms with Crippen LogP contribution in [0.5, 0.6) is 0 Å². The van der Waals surface area contributed by atoms with Gasteiger partial charge in [0.2, 0.25) is 17.7 Å². The Balaban J connectivity index is 1.61. The number of fused-ring (bicyclic) bond motifs is 1. The van der Waals surface area contributed by atoms with E-state index in [-0.39, 0.29) is 23.6 Å². The largest absolute Gasteiger partial charge is 0.344 e. The molecule has 0 aromatic carbocycles. The van der Waals surface area contributed by atoms with Gasteiger partial charge in [-0.05, 0) is 31.1 Å². The molecule has 1 saturated heterocycles. The molecule has 3 fully saturated rings. The number of piperidine rings is 1. The molecule has 0 radical (unpaired) electrons. The summed E-state index contributed by atoms with van der Waals surface area (Å²) >= 11 is 0. The fourth-order valence-corrected chi connectivity index (χ4v) is 4.37. The van der Waals surface area contributed by atoms with Crippen molar-refractivity contribution >= 4 is 17.7 Å². The molecule has 1 heterocycles. The third kappa shape index (κ3) is 3.11. The highest BCUT2D eigenvalue weighted by Gasteiger charge is 2.39. The Hall–Kier alpha value is -1.39. The summed E-state index contributed by atoms with van der Waals surface area (Å²) in [5.74, 6) is 0.701. The zero-order chi connectivity index (χ0) is 14.8. The molecule has 2 saturated carbocycles. The van der Waals surface area contributed by atoms with Crippen LogP contribution in [-0.4, -0.2) is 23.8 Å². The van der Waals surface area contributed by atoms with E-state index in [0.29, 0.717) is 24.7 Å². The lowest BCUT2D eigenvalue weighted by Gasteiger charge is -2.41. The first-order chi connectivity index (χ1) is 10.1. The first-order valence-electron chi connectivity index (χ1n) is 8.29. The summed E-state index contributed by atoms with van der Waals surface area (Å²) in [6.45, 7) is 0. The van der Waals surface area contributed by atoms with E-state index in [2.05, 4.69) is 10.6 Å². The van der Waals surface area contributed by atoms with Gasteiger partial charge in [0.05, 0.1) is 0 Å². The minimum atomic E-state index is -0.529. The molecule has 21 heavy (non-hydrogen) atoms. The molecule has 0 aromatic heterocycles. The standard InChI is InChI=1S/C16H24N2O3/c19-14-9-8-13(16(21)18-14)17-15(20)12-7-3-5-10-4-1-2-6-11(10)12/h10-13H,1-9H2,(H,17,20)(H,18,19,21). The number of imide groups is 1. The van der Waals surface area contributed by atoms with Gasteiger partial charge in [0.25, 0.3) is 0 Å². The van der Waals surface area contributed by atoms with Gasteiger partial charge in [0.15, 0.2) is 0 Å². The van der Waals surface area contributed by atoms with Crippen LogP contribution in [0.25, 0.3) is 0 Å². The van der Waals surface area contributed by atoms with Crippen LogP contribution in [0.3, 0.4) is 0 Å². The summed E-state index contributed by atoms with van der Waals surface area (Å²) < 4.78 is 0. The van der Waals surface area contributed by atoms with Crippen molar-refractivity contribution in [3.63, 3.8) is 0 Å². The quantitative estimate of drug-likeness (QED) is 0.758. The van der Waals surface area contributed by atoms with E-state index in [1.807, 2.05) is 0 Å². The maximum Gasteiger partial charge on any atom is 0.249 e. The SMILES string of the molecule is O=C1CCC(NC(=O)C2CCCC3CCCCC32)C(=O)N1. The Morgan fingerprint density at radius 1 is 1.00 bits per heavy atom. The maximum atomic E-state index is 12.6. The van der Waals surface area contributed by atoms with Gasteiger partial charge >= 0.3 is 0 Å². The lowest BCUT2D eigenvalue weighted by atomic mass is 9.65. The number of hydrogen-bond acceptors (Lipinski definition) is 3. The van der Waals surface area contributed by atoms with Crippen LogP contribution in [0, 0.1) is 17.8 Å². The van der Waals surface area contributed by atoms with Crippen LogP contribution in [-0.2, 0) is 14.4 Å². The van der Waals surface area contributed by atoms with Gasteiger partial charge in [-0.25, -0.2) is 0 Å². The average Bonchev–Trinajstić information content (AvgIpc) is 2.49. The molecule has 4 atom stereocenters. The topological polar surface area (TPSA) is 75.3 Å². The van der Waals surface area contributed by atoms with Crippen molar-refractivity contribution in [3.05, 3.63) is 0 Å². The average molecular weight is 292 g/mol. The van der Waals surface area contributed by atoms with Gasteiger partial charge in [-0.1, -0.05) is 32.1 Å². The van der Waals surface area contributed by atoms with Crippen molar-refractivity contribution in [1.82, 2.24) is 10.6 Å². The molecule has 1 aliphatic heterocycles. The molecule has 3 rings (SSSR count). The lowest BCUT2D eigenvalue weighted by Crippen LogP contribution is -2.54. The predicted octanol–water partition coefficient (Wildman–Crippen LogP) is 1.51. The molecule has 4 unspecified atom stereocenters. The Morgan fingerprint density at radius 2 is 1.76 bits per heavy atom. The van der Waals surface area contributed by atoms with Crippen LogP contribution in [0.2, 0.25) is 0 Å². The minimum absolute atomic E-state index is 0.0288. The van der Waals surface area contributed by atoms with Gasteiger partial charge < -0.3 is 5.32 Å². The fraction of sp³-hybridized carbons (Fsp3) is 0.812. The number of amides is 3. The maximum absolute atomic E-state index is 12.6. The molecular formula is C16H24N2O3. The van der Waals surface area contributed by atoms with Crippen molar-refractivity contribution in [2.45, 2.75) is 63.8 Å². The number of rotatable bonds is 2. The zero-order valence-electron chi connectivity index (χ0n) is 12.4. The Labute approximate surface area is 125 Å². The van der Waals surface area contributed by atoms with E-state index in [1.54, 1.807) is 0 Å². The molecule has 2 N–H and O–H groups in total. The summed E-state index contributed by atoms with van der Waals surface area (Å²) in [5, 5.41) is 5.19. The molecular weight excluding hydrogens is 268 g/mol. The molecule has 0 spiro atoms. The molecule has 3 amide bonds. The summed E-state index contributed by atoms with van der Waals surface area (Å²) in [4.78, 5) is 35.5. The minimum Gasteiger partial charge on any atom is -0.344 e. The van der Waals surface area contributed by atoms with E-state index in [4.69, 9.17) is 0 Å². The number of nitrogens with one attached hydrogen (secondary N) is 2. The van der Waals surface area contributed by atoms with Crippen molar-refractivity contribution in [2.75, 3.05) is 0 Å². The summed E-state index contributed by atoms with van der Waals surface area (Å²) in [7, 11) is 0. The molecule has 5 heteroatoms. The van der Waals surface area contributed by atoms with Gasteiger partial charge in [-0.3, -0.25) is 19.7 Å². The van der Waals surface area contributed by atoms with Crippen LogP contribution in [0.15, 0.2) is 0 Å². The van der Waals surface area contributed by atoms with Crippen LogP contribution >= 0.6 is 0 Å². The van der Waals surface area contributed by atoms with E-state index >= 15 is 0 Å². The first-order valence-corrected chi connectivity index (χ1v) is 8.29. The summed E-state index contributed by atoms with van der Waals surface area (Å²) in [5.41, 5.74) is 0. The predicted molar refractivity (Wildman–Crippen MR) is 77.1 cm³/mol. The highest BCUT2D eigenvalue weighted by molar-refractivity contribution is 6.01. The highest BCUT2D eigenvalue weighted by Crippen LogP contribution is 2.43. The molecule has 116 valence electrons. The van der Waals surface area contributed by atoms with E-state index < -0.39 is 6.04 Å². The normalized spacial score (nSPS) is 36.6. The zero-order valence-corrected chi connectivity index (χ0v) is 12.4. The number of carbonyl (C=O) groups excluding carboxylic acids is 3. The third-order valence-electron chi connectivity index (χ3n) is 5.47. The van der Waals surface area contributed by atoms with Crippen LogP contribution in [0.1, 0.15) is 57.8 Å². The first kappa shape index (κ1) is 14.5. The van der Waals surface area contributed by atoms with Crippen LogP contribution < -0.4 is 10.6 Å². The summed E-state index contributed by atoms with van der Waals surface area (Å²) in [6, 6.07) is -0.529. The molecule has 2 aliphatic carbocycles. The van der Waals surface area contributed by atoms with Gasteiger partial charge in [-0.2, -0.15) is 0 Å². The highest BCUT2D eigenvalue weighted by atomic mass is 16.2. The van der Waals surface area contributed by atoms with Gasteiger partial charge in [0.1, 0.15) is 6.04 Å².